The van der Waals surface area contributed by atoms with Crippen molar-refractivity contribution in [1.82, 2.24) is 15.0 Å². The Morgan fingerprint density at radius 3 is 2.27 bits per heavy atom. The van der Waals surface area contributed by atoms with Crippen LogP contribution < -0.4 is 5.73 Å². The summed E-state index contributed by atoms with van der Waals surface area (Å²) in [6.45, 7) is 0. The predicted octanol–water partition coefficient (Wildman–Crippen LogP) is 1.28. The number of nitrogen functional groups attached to an aromatic ring is 1. The minimum atomic E-state index is -1.64. The Morgan fingerprint density at radius 1 is 1.27 bits per heavy atom. The maximum absolute atomic E-state index is 5.45. The van der Waals surface area contributed by atoms with Gasteiger partial charge in [0.15, 0.2) is 5.82 Å². The van der Waals surface area contributed by atoms with Gasteiger partial charge in [-0.2, -0.15) is 4.98 Å². The summed E-state index contributed by atoms with van der Waals surface area (Å²) in [7, 11) is 0. The third-order valence-corrected chi connectivity index (χ3v) is 1.35. The molecule has 0 aliphatic carbocycles. The molecule has 1 aromatic rings. The Morgan fingerprint density at radius 2 is 1.91 bits per heavy atom. The highest BCUT2D eigenvalue weighted by Crippen LogP contribution is 2.35. The lowest BCUT2D eigenvalue weighted by molar-refractivity contribution is 0.928. The Bertz CT molecular complexity index is 258. The molecule has 0 fully saturated rings. The van der Waals surface area contributed by atoms with Gasteiger partial charge in [0, 0.05) is 0 Å². The molecular formula is C4H3Cl3N4. The van der Waals surface area contributed by atoms with Gasteiger partial charge in [-0.3, -0.25) is 0 Å². The van der Waals surface area contributed by atoms with Gasteiger partial charge in [0.2, 0.25) is 9.74 Å². The summed E-state index contributed by atoms with van der Waals surface area (Å²) >= 11 is 16.4. The largest absolute Gasteiger partial charge is 0.368 e. The number of aromatic nitrogens is 3. The average Bonchev–Trinajstić information content (AvgIpc) is 1.86. The van der Waals surface area contributed by atoms with Crippen molar-refractivity contribution in [3.05, 3.63) is 12.2 Å². The van der Waals surface area contributed by atoms with E-state index in [-0.39, 0.29) is 11.8 Å². The van der Waals surface area contributed by atoms with Crippen LogP contribution in [0.3, 0.4) is 0 Å². The number of nitrogens with two attached hydrogens (primary N) is 1. The molecular weight excluding hydrogens is 210 g/mol. The highest BCUT2D eigenvalue weighted by molar-refractivity contribution is 6.66. The lowest BCUT2D eigenvalue weighted by atomic mass is 10.7. The lowest BCUT2D eigenvalue weighted by Crippen LogP contribution is -2.09. The maximum Gasteiger partial charge on any atom is 0.250 e. The fraction of sp³-hybridized carbons (Fsp3) is 0.250. The number of anilines is 1. The quantitative estimate of drug-likeness (QED) is 0.660. The van der Waals surface area contributed by atoms with Crippen molar-refractivity contribution in [2.45, 2.75) is 3.79 Å². The van der Waals surface area contributed by atoms with Gasteiger partial charge in [0.1, 0.15) is 6.33 Å². The average molecular weight is 213 g/mol. The summed E-state index contributed by atoms with van der Waals surface area (Å²) in [5, 5.41) is 0. The molecule has 0 spiro atoms. The van der Waals surface area contributed by atoms with E-state index in [9.17, 15) is 0 Å². The zero-order chi connectivity index (χ0) is 8.48. The Balaban J connectivity index is 3.06. The molecule has 0 amide bonds. The van der Waals surface area contributed by atoms with Crippen LogP contribution in [0.15, 0.2) is 6.33 Å². The van der Waals surface area contributed by atoms with Crippen LogP contribution >= 0.6 is 34.8 Å². The second-order valence-electron chi connectivity index (χ2n) is 1.67. The van der Waals surface area contributed by atoms with Crippen molar-refractivity contribution in [3.63, 3.8) is 0 Å². The normalized spacial score (nSPS) is 11.5. The molecule has 0 aromatic carbocycles. The van der Waals surface area contributed by atoms with Crippen LogP contribution in [0.2, 0.25) is 0 Å². The molecule has 0 aliphatic heterocycles. The Kier molecular flexibility index (Phi) is 2.37. The van der Waals surface area contributed by atoms with Crippen LogP contribution in [0.25, 0.3) is 0 Å². The second-order valence-corrected chi connectivity index (χ2v) is 3.95. The van der Waals surface area contributed by atoms with Gasteiger partial charge in [-0.1, -0.05) is 34.8 Å². The van der Waals surface area contributed by atoms with Gasteiger partial charge in [0.05, 0.1) is 0 Å². The molecule has 0 saturated heterocycles. The summed E-state index contributed by atoms with van der Waals surface area (Å²) in [6, 6.07) is 0. The minimum Gasteiger partial charge on any atom is -0.368 e. The fourth-order valence-corrected chi connectivity index (χ4v) is 0.719. The molecule has 0 unspecified atom stereocenters. The molecule has 0 aliphatic rings. The predicted molar refractivity (Wildman–Crippen MR) is 43.5 cm³/mol. The SMILES string of the molecule is Nc1ncnc(C(Cl)(Cl)Cl)n1. The van der Waals surface area contributed by atoms with E-state index in [0.717, 1.165) is 0 Å². The molecule has 1 heterocycles. The maximum atomic E-state index is 5.45. The molecule has 0 bridgehead atoms. The molecule has 1 rings (SSSR count). The van der Waals surface area contributed by atoms with Crippen LogP contribution in [0.5, 0.6) is 0 Å². The molecule has 0 atom stereocenters. The minimum absolute atomic E-state index is 0.0231. The number of hydrogen-bond acceptors (Lipinski definition) is 4. The fourth-order valence-electron chi connectivity index (χ4n) is 0.446. The van der Waals surface area contributed by atoms with Gasteiger partial charge in [0.25, 0.3) is 0 Å². The van der Waals surface area contributed by atoms with Crippen LogP contribution in [-0.2, 0) is 3.79 Å². The van der Waals surface area contributed by atoms with Gasteiger partial charge in [-0.15, -0.1) is 0 Å². The number of halogens is 3. The molecule has 11 heavy (non-hydrogen) atoms. The van der Waals surface area contributed by atoms with Crippen molar-refractivity contribution >= 4 is 40.8 Å². The van der Waals surface area contributed by atoms with E-state index < -0.39 is 3.79 Å². The van der Waals surface area contributed by atoms with Gasteiger partial charge < -0.3 is 5.73 Å². The number of nitrogens with zero attached hydrogens (tertiary/aromatic N) is 3. The zero-order valence-corrected chi connectivity index (χ0v) is 7.40. The lowest BCUT2D eigenvalue weighted by Gasteiger charge is -2.07. The van der Waals surface area contributed by atoms with Crippen LogP contribution in [-0.4, -0.2) is 15.0 Å². The first-order valence-corrected chi connectivity index (χ1v) is 3.65. The third-order valence-electron chi connectivity index (χ3n) is 0.844. The van der Waals surface area contributed by atoms with Gasteiger partial charge in [-0.25, -0.2) is 9.97 Å². The first-order chi connectivity index (χ1) is 5.00. The summed E-state index contributed by atoms with van der Waals surface area (Å²) in [6.07, 6.45) is 1.18. The highest BCUT2D eigenvalue weighted by atomic mass is 35.6. The van der Waals surface area contributed by atoms with Crippen molar-refractivity contribution < 1.29 is 0 Å². The third kappa shape index (κ3) is 2.32. The number of alkyl halides is 3. The zero-order valence-electron chi connectivity index (χ0n) is 5.13. The van der Waals surface area contributed by atoms with Crippen molar-refractivity contribution in [3.8, 4) is 0 Å². The van der Waals surface area contributed by atoms with E-state index in [1.807, 2.05) is 0 Å². The van der Waals surface area contributed by atoms with Crippen molar-refractivity contribution in [2.75, 3.05) is 5.73 Å². The first kappa shape index (κ1) is 8.77. The monoisotopic (exact) mass is 212 g/mol. The van der Waals surface area contributed by atoms with E-state index in [4.69, 9.17) is 40.5 Å². The first-order valence-electron chi connectivity index (χ1n) is 2.52. The molecule has 4 nitrogen and oxygen atoms in total. The molecule has 2 N–H and O–H groups in total. The second kappa shape index (κ2) is 2.97. The summed E-state index contributed by atoms with van der Waals surface area (Å²) in [5.41, 5.74) is 5.22. The molecule has 1 aromatic heterocycles. The van der Waals surface area contributed by atoms with E-state index in [1.54, 1.807) is 0 Å². The molecule has 7 heteroatoms. The highest BCUT2D eigenvalue weighted by Gasteiger charge is 2.26. The van der Waals surface area contributed by atoms with E-state index >= 15 is 0 Å². The smallest absolute Gasteiger partial charge is 0.250 e. The van der Waals surface area contributed by atoms with Crippen LogP contribution in [0.1, 0.15) is 5.82 Å². The summed E-state index contributed by atoms with van der Waals surface area (Å²) in [4.78, 5) is 10.7. The van der Waals surface area contributed by atoms with Crippen LogP contribution in [0.4, 0.5) is 5.95 Å². The molecule has 0 saturated carbocycles. The standard InChI is InChI=1S/C4H3Cl3N4/c5-4(6,7)2-9-1-10-3(8)11-2/h1H,(H2,8,9,10,11). The van der Waals surface area contributed by atoms with E-state index in [2.05, 4.69) is 15.0 Å². The number of hydrogen-bond donors (Lipinski definition) is 1. The number of rotatable bonds is 0. The molecule has 60 valence electrons. The Hall–Kier alpha value is -0.320. The van der Waals surface area contributed by atoms with E-state index in [1.165, 1.54) is 6.33 Å². The summed E-state index contributed by atoms with van der Waals surface area (Å²) in [5.74, 6) is 0.0522. The van der Waals surface area contributed by atoms with Crippen molar-refractivity contribution in [1.29, 1.82) is 0 Å². The Labute approximate surface area is 77.7 Å². The van der Waals surface area contributed by atoms with Gasteiger partial charge in [-0.05, 0) is 0 Å². The summed E-state index contributed by atoms with van der Waals surface area (Å²) < 4.78 is -1.64. The van der Waals surface area contributed by atoms with Crippen LogP contribution in [0, 0.1) is 0 Å². The molecule has 0 radical (unpaired) electrons. The topological polar surface area (TPSA) is 64.7 Å². The van der Waals surface area contributed by atoms with E-state index in [0.29, 0.717) is 0 Å². The van der Waals surface area contributed by atoms with Crippen molar-refractivity contribution in [2.24, 2.45) is 0 Å². The van der Waals surface area contributed by atoms with Gasteiger partial charge >= 0.3 is 0 Å².